The van der Waals surface area contributed by atoms with E-state index in [0.717, 1.165) is 16.0 Å². The Kier molecular flexibility index (Phi) is 6.01. The second-order valence-electron chi connectivity index (χ2n) is 8.90. The van der Waals surface area contributed by atoms with Gasteiger partial charge in [0.05, 0.1) is 23.4 Å². The van der Waals surface area contributed by atoms with Gasteiger partial charge in [-0.2, -0.15) is 0 Å². The molecule has 0 saturated carbocycles. The number of benzene rings is 3. The van der Waals surface area contributed by atoms with Crippen LogP contribution in [-0.4, -0.2) is 41.2 Å². The number of rotatable bonds is 6. The Balaban J connectivity index is 1.30. The minimum Gasteiger partial charge on any atom is -0.479 e. The lowest BCUT2D eigenvalue weighted by Crippen LogP contribution is -2.44. The summed E-state index contributed by atoms with van der Waals surface area (Å²) in [6, 6.07) is 19.6. The predicted molar refractivity (Wildman–Crippen MR) is 134 cm³/mol. The van der Waals surface area contributed by atoms with E-state index in [0.29, 0.717) is 34.8 Å². The topological polar surface area (TPSA) is 96.0 Å². The van der Waals surface area contributed by atoms with Gasteiger partial charge in [-0.25, -0.2) is 0 Å². The van der Waals surface area contributed by atoms with Gasteiger partial charge in [0.25, 0.3) is 17.7 Å². The molecule has 8 nitrogen and oxygen atoms in total. The highest BCUT2D eigenvalue weighted by Crippen LogP contribution is 2.37. The quantitative estimate of drug-likeness (QED) is 0.536. The number of carbonyl (C=O) groups is 4. The van der Waals surface area contributed by atoms with Crippen LogP contribution in [0.25, 0.3) is 0 Å². The average Bonchev–Trinajstić information content (AvgIpc) is 3.11. The van der Waals surface area contributed by atoms with E-state index in [1.807, 2.05) is 31.2 Å². The monoisotopic (exact) mass is 483 g/mol. The molecule has 2 aliphatic rings. The van der Waals surface area contributed by atoms with E-state index in [4.69, 9.17) is 4.74 Å². The molecule has 0 fully saturated rings. The van der Waals surface area contributed by atoms with Crippen LogP contribution in [0.15, 0.2) is 66.7 Å². The van der Waals surface area contributed by atoms with Crippen molar-refractivity contribution >= 4 is 35.0 Å². The van der Waals surface area contributed by atoms with Crippen LogP contribution >= 0.6 is 0 Å². The zero-order valence-corrected chi connectivity index (χ0v) is 20.0. The summed E-state index contributed by atoms with van der Waals surface area (Å²) in [5.41, 5.74) is 3.85. The van der Waals surface area contributed by atoms with Crippen molar-refractivity contribution in [3.8, 4) is 5.75 Å². The molecule has 3 aromatic rings. The minimum absolute atomic E-state index is 0.0261. The summed E-state index contributed by atoms with van der Waals surface area (Å²) in [7, 11) is 0. The standard InChI is InChI=1S/C28H25N3O5/c1-17-7-3-4-8-19(17)16-31-23-15-20(11-12-24(23)36-18(2)26(31)33)29-25(32)13-14-30-27(34)21-9-5-6-10-22(21)28(30)35/h3-12,15,18H,13-14,16H2,1-2H3,(H,29,32). The molecule has 8 heteroatoms. The van der Waals surface area contributed by atoms with Gasteiger partial charge in [0.2, 0.25) is 5.91 Å². The summed E-state index contributed by atoms with van der Waals surface area (Å²) in [4.78, 5) is 53.5. The van der Waals surface area contributed by atoms with E-state index in [9.17, 15) is 19.2 Å². The minimum atomic E-state index is -0.624. The first-order chi connectivity index (χ1) is 17.3. The van der Waals surface area contributed by atoms with E-state index >= 15 is 0 Å². The van der Waals surface area contributed by atoms with Crippen molar-refractivity contribution < 1.29 is 23.9 Å². The number of nitrogens with zero attached hydrogens (tertiary/aromatic N) is 2. The fourth-order valence-corrected chi connectivity index (χ4v) is 4.48. The molecular formula is C28H25N3O5. The highest BCUT2D eigenvalue weighted by molar-refractivity contribution is 6.21. The molecule has 0 spiro atoms. The van der Waals surface area contributed by atoms with Gasteiger partial charge >= 0.3 is 0 Å². The summed E-state index contributed by atoms with van der Waals surface area (Å²) in [5, 5.41) is 2.81. The average molecular weight is 484 g/mol. The van der Waals surface area contributed by atoms with Crippen molar-refractivity contribution in [1.82, 2.24) is 4.90 Å². The largest absolute Gasteiger partial charge is 0.479 e. The van der Waals surface area contributed by atoms with Gasteiger partial charge in [0.15, 0.2) is 6.10 Å². The zero-order chi connectivity index (χ0) is 25.4. The molecule has 2 aliphatic heterocycles. The maximum absolute atomic E-state index is 13.0. The van der Waals surface area contributed by atoms with E-state index in [2.05, 4.69) is 5.32 Å². The Morgan fingerprint density at radius 2 is 1.58 bits per heavy atom. The fraction of sp³-hybridized carbons (Fsp3) is 0.214. The molecule has 4 amide bonds. The second-order valence-corrected chi connectivity index (χ2v) is 8.90. The zero-order valence-electron chi connectivity index (χ0n) is 20.0. The van der Waals surface area contributed by atoms with Crippen molar-refractivity contribution in [3.63, 3.8) is 0 Å². The molecular weight excluding hydrogens is 458 g/mol. The van der Waals surface area contributed by atoms with Gasteiger partial charge in [-0.1, -0.05) is 36.4 Å². The third-order valence-corrected chi connectivity index (χ3v) is 6.48. The molecule has 0 saturated heterocycles. The Bertz CT molecular complexity index is 1360. The Morgan fingerprint density at radius 1 is 0.917 bits per heavy atom. The summed E-state index contributed by atoms with van der Waals surface area (Å²) < 4.78 is 5.79. The molecule has 0 aliphatic carbocycles. The smallest absolute Gasteiger partial charge is 0.268 e. The summed E-state index contributed by atoms with van der Waals surface area (Å²) in [6.45, 7) is 4.06. The fourth-order valence-electron chi connectivity index (χ4n) is 4.48. The molecule has 1 N–H and O–H groups in total. The lowest BCUT2D eigenvalue weighted by Gasteiger charge is -2.33. The molecule has 1 atom stereocenters. The number of anilines is 2. The van der Waals surface area contributed by atoms with Gasteiger partial charge in [0, 0.05) is 18.7 Å². The van der Waals surface area contributed by atoms with Crippen molar-refractivity contribution in [2.45, 2.75) is 32.9 Å². The normalized spacial score (nSPS) is 16.5. The van der Waals surface area contributed by atoms with Crippen molar-refractivity contribution in [2.24, 2.45) is 0 Å². The van der Waals surface area contributed by atoms with Gasteiger partial charge in [-0.3, -0.25) is 24.1 Å². The van der Waals surface area contributed by atoms with E-state index < -0.39 is 17.9 Å². The Morgan fingerprint density at radius 3 is 2.28 bits per heavy atom. The Labute approximate surface area is 208 Å². The molecule has 0 bridgehead atoms. The maximum Gasteiger partial charge on any atom is 0.268 e. The number of amides is 4. The molecule has 2 heterocycles. The SMILES string of the molecule is Cc1ccccc1CN1C(=O)C(C)Oc2ccc(NC(=O)CCN3C(=O)c4ccccc4C3=O)cc21. The van der Waals surface area contributed by atoms with Crippen LogP contribution in [0, 0.1) is 6.92 Å². The molecule has 1 unspecified atom stereocenters. The first-order valence-electron chi connectivity index (χ1n) is 11.7. The van der Waals surface area contributed by atoms with Gasteiger partial charge in [-0.15, -0.1) is 0 Å². The molecule has 5 rings (SSSR count). The third-order valence-electron chi connectivity index (χ3n) is 6.48. The molecule has 182 valence electrons. The first kappa shape index (κ1) is 23.3. The number of imide groups is 1. The Hall–Kier alpha value is -4.46. The van der Waals surface area contributed by atoms with Crippen molar-refractivity contribution in [1.29, 1.82) is 0 Å². The van der Waals surface area contributed by atoms with E-state index in [1.165, 1.54) is 0 Å². The lowest BCUT2D eigenvalue weighted by molar-refractivity contribution is -0.125. The molecule has 0 radical (unpaired) electrons. The molecule has 3 aromatic carbocycles. The number of ether oxygens (including phenoxy) is 1. The second kappa shape index (κ2) is 9.30. The maximum atomic E-state index is 13.0. The molecule has 36 heavy (non-hydrogen) atoms. The lowest BCUT2D eigenvalue weighted by atomic mass is 10.1. The number of aryl methyl sites for hydroxylation is 1. The van der Waals surface area contributed by atoms with Crippen LogP contribution < -0.4 is 15.0 Å². The number of fused-ring (bicyclic) bond motifs is 2. The van der Waals surface area contributed by atoms with Crippen molar-refractivity contribution in [2.75, 3.05) is 16.8 Å². The summed E-state index contributed by atoms with van der Waals surface area (Å²) in [6.07, 6.45) is -0.677. The van der Waals surface area contributed by atoms with E-state index in [1.54, 1.807) is 54.3 Å². The van der Waals surface area contributed by atoms with Crippen LogP contribution in [0.5, 0.6) is 5.75 Å². The van der Waals surface area contributed by atoms with Gasteiger partial charge in [0.1, 0.15) is 5.75 Å². The first-order valence-corrected chi connectivity index (χ1v) is 11.7. The number of hydrogen-bond acceptors (Lipinski definition) is 5. The van der Waals surface area contributed by atoms with Crippen LogP contribution in [0.1, 0.15) is 45.2 Å². The van der Waals surface area contributed by atoms with Crippen LogP contribution in [0.3, 0.4) is 0 Å². The number of hydrogen-bond donors (Lipinski definition) is 1. The predicted octanol–water partition coefficient (Wildman–Crippen LogP) is 3.93. The molecule has 0 aromatic heterocycles. The van der Waals surface area contributed by atoms with Gasteiger partial charge in [-0.05, 0) is 55.3 Å². The summed E-state index contributed by atoms with van der Waals surface area (Å²) in [5.74, 6) is -0.754. The highest BCUT2D eigenvalue weighted by Gasteiger charge is 2.35. The number of nitrogens with one attached hydrogen (secondary N) is 1. The number of carbonyl (C=O) groups excluding carboxylic acids is 4. The van der Waals surface area contributed by atoms with Crippen LogP contribution in [0.4, 0.5) is 11.4 Å². The van der Waals surface area contributed by atoms with Crippen molar-refractivity contribution in [3.05, 3.63) is 89.0 Å². The highest BCUT2D eigenvalue weighted by atomic mass is 16.5. The third kappa shape index (κ3) is 4.22. The summed E-state index contributed by atoms with van der Waals surface area (Å²) >= 11 is 0. The van der Waals surface area contributed by atoms with Gasteiger partial charge < -0.3 is 15.0 Å². The van der Waals surface area contributed by atoms with E-state index in [-0.39, 0.29) is 24.8 Å². The van der Waals surface area contributed by atoms with Crippen LogP contribution in [-0.2, 0) is 16.1 Å². The van der Waals surface area contributed by atoms with Crippen LogP contribution in [0.2, 0.25) is 0 Å².